The van der Waals surface area contributed by atoms with E-state index in [2.05, 4.69) is 25.1 Å². The molecular formula is C17H20. The highest BCUT2D eigenvalue weighted by Crippen LogP contribution is 2.59. The second kappa shape index (κ2) is 3.48. The molecule has 2 unspecified atom stereocenters. The molecule has 1 aromatic rings. The molecule has 0 heteroatoms. The van der Waals surface area contributed by atoms with Crippen molar-refractivity contribution in [2.24, 2.45) is 0 Å². The molecule has 2 atom stereocenters. The van der Waals surface area contributed by atoms with Crippen LogP contribution in [0.3, 0.4) is 0 Å². The topological polar surface area (TPSA) is 0 Å². The maximum atomic E-state index is 2.39. The van der Waals surface area contributed by atoms with Crippen LogP contribution in [0.2, 0.25) is 0 Å². The highest BCUT2D eigenvalue weighted by atomic mass is 14.5. The normalized spacial score (nSPS) is 30.2. The van der Waals surface area contributed by atoms with Gasteiger partial charge in [-0.15, -0.1) is 0 Å². The molecule has 0 aliphatic heterocycles. The molecule has 1 aromatic carbocycles. The van der Waals surface area contributed by atoms with E-state index in [0.717, 1.165) is 11.8 Å². The molecule has 88 valence electrons. The van der Waals surface area contributed by atoms with E-state index in [0.29, 0.717) is 0 Å². The molecule has 0 radical (unpaired) electrons. The van der Waals surface area contributed by atoms with Crippen molar-refractivity contribution < 1.29 is 0 Å². The summed E-state index contributed by atoms with van der Waals surface area (Å²) in [6.07, 6.45) is 8.51. The zero-order chi connectivity index (χ0) is 11.4. The minimum atomic E-state index is 0.808. The highest BCUT2D eigenvalue weighted by molar-refractivity contribution is 5.57. The van der Waals surface area contributed by atoms with E-state index in [1.165, 1.54) is 44.1 Å². The standard InChI is InChI=1S/C17H20/c1-11-5-4-8-13-14-9-10-15(16(11)13)17(14)12-6-2-3-7-12/h4-5,8,14-15H,2-3,6-7,9-10H2,1H3. The van der Waals surface area contributed by atoms with Gasteiger partial charge >= 0.3 is 0 Å². The van der Waals surface area contributed by atoms with Crippen LogP contribution < -0.4 is 0 Å². The molecule has 3 aliphatic rings. The molecule has 0 saturated heterocycles. The molecule has 3 aliphatic carbocycles. The Balaban J connectivity index is 1.91. The van der Waals surface area contributed by atoms with Crippen LogP contribution in [0.5, 0.6) is 0 Å². The van der Waals surface area contributed by atoms with E-state index in [1.54, 1.807) is 11.1 Å². The first kappa shape index (κ1) is 9.94. The van der Waals surface area contributed by atoms with Crippen molar-refractivity contribution in [1.82, 2.24) is 0 Å². The van der Waals surface area contributed by atoms with Gasteiger partial charge in [0.05, 0.1) is 0 Å². The summed E-state index contributed by atoms with van der Waals surface area (Å²) in [5, 5.41) is 0. The van der Waals surface area contributed by atoms with Gasteiger partial charge in [-0.05, 0) is 62.1 Å². The zero-order valence-corrected chi connectivity index (χ0v) is 10.6. The first-order valence-corrected chi connectivity index (χ1v) is 7.17. The van der Waals surface area contributed by atoms with Gasteiger partial charge < -0.3 is 0 Å². The van der Waals surface area contributed by atoms with Crippen LogP contribution >= 0.6 is 0 Å². The van der Waals surface area contributed by atoms with E-state index < -0.39 is 0 Å². The lowest BCUT2D eigenvalue weighted by atomic mass is 9.89. The fourth-order valence-corrected chi connectivity index (χ4v) is 4.58. The Morgan fingerprint density at radius 1 is 1.00 bits per heavy atom. The Morgan fingerprint density at radius 3 is 2.53 bits per heavy atom. The Morgan fingerprint density at radius 2 is 1.76 bits per heavy atom. The quantitative estimate of drug-likeness (QED) is 0.553. The van der Waals surface area contributed by atoms with Gasteiger partial charge in [-0.3, -0.25) is 0 Å². The molecule has 2 bridgehead atoms. The van der Waals surface area contributed by atoms with Gasteiger partial charge in [-0.1, -0.05) is 29.3 Å². The first-order chi connectivity index (χ1) is 8.36. The highest BCUT2D eigenvalue weighted by Gasteiger charge is 2.43. The van der Waals surface area contributed by atoms with Gasteiger partial charge in [-0.2, -0.15) is 0 Å². The van der Waals surface area contributed by atoms with Crippen LogP contribution in [-0.2, 0) is 0 Å². The summed E-state index contributed by atoms with van der Waals surface area (Å²) >= 11 is 0. The second-order valence-corrected chi connectivity index (χ2v) is 6.03. The Hall–Kier alpha value is -1.04. The summed E-state index contributed by atoms with van der Waals surface area (Å²) in [6, 6.07) is 6.95. The van der Waals surface area contributed by atoms with Gasteiger partial charge in [0.1, 0.15) is 0 Å². The molecule has 2 fully saturated rings. The number of aryl methyl sites for hydroxylation is 1. The van der Waals surface area contributed by atoms with Crippen LogP contribution in [0.25, 0.3) is 0 Å². The van der Waals surface area contributed by atoms with E-state index in [-0.39, 0.29) is 0 Å². The Labute approximate surface area is 104 Å². The van der Waals surface area contributed by atoms with Gasteiger partial charge in [0.15, 0.2) is 0 Å². The minimum Gasteiger partial charge on any atom is -0.0698 e. The lowest BCUT2D eigenvalue weighted by Crippen LogP contribution is -1.99. The second-order valence-electron chi connectivity index (χ2n) is 6.03. The monoisotopic (exact) mass is 224 g/mol. The maximum absolute atomic E-state index is 2.39. The van der Waals surface area contributed by atoms with Crippen molar-refractivity contribution in [1.29, 1.82) is 0 Å². The number of fused-ring (bicyclic) bond motifs is 5. The van der Waals surface area contributed by atoms with Crippen molar-refractivity contribution in [3.8, 4) is 0 Å². The molecule has 0 N–H and O–H groups in total. The molecule has 0 spiro atoms. The van der Waals surface area contributed by atoms with Crippen molar-refractivity contribution in [3.05, 3.63) is 46.0 Å². The van der Waals surface area contributed by atoms with E-state index >= 15 is 0 Å². The summed E-state index contributed by atoms with van der Waals surface area (Å²) in [5.41, 5.74) is 8.62. The Bertz CT molecular complexity index is 499. The van der Waals surface area contributed by atoms with Gasteiger partial charge in [0, 0.05) is 11.8 Å². The number of benzene rings is 1. The molecule has 0 aromatic heterocycles. The van der Waals surface area contributed by atoms with Crippen molar-refractivity contribution in [3.63, 3.8) is 0 Å². The molecule has 17 heavy (non-hydrogen) atoms. The molecular weight excluding hydrogens is 204 g/mol. The lowest BCUT2D eigenvalue weighted by molar-refractivity contribution is 0.713. The molecule has 0 heterocycles. The Kier molecular flexibility index (Phi) is 2.03. The van der Waals surface area contributed by atoms with Crippen LogP contribution in [0.1, 0.15) is 67.1 Å². The molecule has 0 amide bonds. The average Bonchev–Trinajstić information content (AvgIpc) is 3.03. The van der Waals surface area contributed by atoms with Crippen LogP contribution in [0.15, 0.2) is 29.3 Å². The van der Waals surface area contributed by atoms with Crippen molar-refractivity contribution in [2.75, 3.05) is 0 Å². The van der Waals surface area contributed by atoms with E-state index in [9.17, 15) is 0 Å². The number of hydrogen-bond acceptors (Lipinski definition) is 0. The summed E-state index contributed by atoms with van der Waals surface area (Å²) in [7, 11) is 0. The van der Waals surface area contributed by atoms with Gasteiger partial charge in [-0.25, -0.2) is 0 Å². The fourth-order valence-electron chi connectivity index (χ4n) is 4.58. The zero-order valence-electron chi connectivity index (χ0n) is 10.6. The van der Waals surface area contributed by atoms with Crippen molar-refractivity contribution in [2.45, 2.75) is 57.3 Å². The number of allylic oxidation sites excluding steroid dienone is 2. The maximum Gasteiger partial charge on any atom is 0.00628 e. The predicted molar refractivity (Wildman–Crippen MR) is 71.4 cm³/mol. The summed E-state index contributed by atoms with van der Waals surface area (Å²) < 4.78 is 0. The SMILES string of the molecule is Cc1cccc2c1C1CCC2C1=C1CCCC1. The third-order valence-corrected chi connectivity index (χ3v) is 5.19. The summed E-state index contributed by atoms with van der Waals surface area (Å²) in [5.74, 6) is 1.62. The first-order valence-electron chi connectivity index (χ1n) is 7.17. The van der Waals surface area contributed by atoms with E-state index in [1.807, 2.05) is 11.1 Å². The smallest absolute Gasteiger partial charge is 0.00628 e. The van der Waals surface area contributed by atoms with Crippen molar-refractivity contribution >= 4 is 0 Å². The summed E-state index contributed by atoms with van der Waals surface area (Å²) in [6.45, 7) is 2.30. The van der Waals surface area contributed by atoms with Gasteiger partial charge in [0.2, 0.25) is 0 Å². The lowest BCUT2D eigenvalue weighted by Gasteiger charge is -2.15. The largest absolute Gasteiger partial charge is 0.0698 e. The molecule has 0 nitrogen and oxygen atoms in total. The van der Waals surface area contributed by atoms with Gasteiger partial charge in [0.25, 0.3) is 0 Å². The van der Waals surface area contributed by atoms with Crippen LogP contribution in [0.4, 0.5) is 0 Å². The fraction of sp³-hybridized carbons (Fsp3) is 0.529. The van der Waals surface area contributed by atoms with Crippen LogP contribution in [0, 0.1) is 6.92 Å². The third-order valence-electron chi connectivity index (χ3n) is 5.19. The summed E-state index contributed by atoms with van der Waals surface area (Å²) in [4.78, 5) is 0. The average molecular weight is 224 g/mol. The minimum absolute atomic E-state index is 0.808. The third kappa shape index (κ3) is 1.24. The van der Waals surface area contributed by atoms with E-state index in [4.69, 9.17) is 0 Å². The number of hydrogen-bond donors (Lipinski definition) is 0. The predicted octanol–water partition coefficient (Wildman–Crippen LogP) is 4.84. The molecule has 2 saturated carbocycles. The number of rotatable bonds is 0. The molecule has 4 rings (SSSR count). The van der Waals surface area contributed by atoms with Crippen LogP contribution in [-0.4, -0.2) is 0 Å².